The van der Waals surface area contributed by atoms with Gasteiger partial charge < -0.3 is 14.6 Å². The number of benzene rings is 1. The molecule has 3 rings (SSSR count). The summed E-state index contributed by atoms with van der Waals surface area (Å²) in [6, 6.07) is 5.94. The fourth-order valence-corrected chi connectivity index (χ4v) is 3.80. The summed E-state index contributed by atoms with van der Waals surface area (Å²) < 4.78 is 10.6. The van der Waals surface area contributed by atoms with Crippen molar-refractivity contribution >= 4 is 0 Å². The molecule has 3 nitrogen and oxygen atoms in total. The van der Waals surface area contributed by atoms with Crippen molar-refractivity contribution < 1.29 is 14.6 Å². The molecule has 2 saturated carbocycles. The number of ether oxygens (including phenoxy) is 2. The molecule has 1 aromatic rings. The lowest BCUT2D eigenvalue weighted by Crippen LogP contribution is -2.16. The average molecular weight is 262 g/mol. The molecule has 2 fully saturated rings. The molecule has 0 radical (unpaired) electrons. The summed E-state index contributed by atoms with van der Waals surface area (Å²) >= 11 is 0. The summed E-state index contributed by atoms with van der Waals surface area (Å²) in [5.74, 6) is 2.53. The van der Waals surface area contributed by atoms with E-state index >= 15 is 0 Å². The molecule has 0 aliphatic heterocycles. The molecule has 104 valence electrons. The van der Waals surface area contributed by atoms with Crippen molar-refractivity contribution in [1.29, 1.82) is 0 Å². The maximum atomic E-state index is 10.8. The summed E-state index contributed by atoms with van der Waals surface area (Å²) in [4.78, 5) is 0. The van der Waals surface area contributed by atoms with Crippen LogP contribution in [0.15, 0.2) is 18.2 Å². The van der Waals surface area contributed by atoms with E-state index in [2.05, 4.69) is 0 Å². The molecule has 19 heavy (non-hydrogen) atoms. The molecule has 0 saturated heterocycles. The van der Waals surface area contributed by atoms with Gasteiger partial charge in [0.25, 0.3) is 0 Å². The van der Waals surface area contributed by atoms with Gasteiger partial charge >= 0.3 is 0 Å². The molecule has 1 N–H and O–H groups in total. The zero-order chi connectivity index (χ0) is 13.5. The molecule has 3 heteroatoms. The van der Waals surface area contributed by atoms with Crippen LogP contribution < -0.4 is 9.47 Å². The zero-order valence-electron chi connectivity index (χ0n) is 11.7. The van der Waals surface area contributed by atoms with Crippen LogP contribution in [0.4, 0.5) is 0 Å². The normalized spacial score (nSPS) is 32.6. The number of rotatable bonds is 4. The van der Waals surface area contributed by atoms with Crippen LogP contribution in [0, 0.1) is 11.8 Å². The van der Waals surface area contributed by atoms with E-state index < -0.39 is 5.60 Å². The second-order valence-electron chi connectivity index (χ2n) is 5.85. The highest BCUT2D eigenvalue weighted by Crippen LogP contribution is 2.60. The quantitative estimate of drug-likeness (QED) is 0.907. The van der Waals surface area contributed by atoms with Crippen LogP contribution in [0.3, 0.4) is 0 Å². The van der Waals surface area contributed by atoms with Crippen LogP contribution in [0.2, 0.25) is 0 Å². The highest BCUT2D eigenvalue weighted by molar-refractivity contribution is 5.43. The standard InChI is InChI=1S/C16H22O3/c1-18-14-8-7-11(9-15(14)19-2)10-16(17)12-5-3-4-6-13(12)16/h7-9,12-13,17H,3-6,10H2,1-2H3. The van der Waals surface area contributed by atoms with Crippen molar-refractivity contribution in [2.75, 3.05) is 14.2 Å². The first-order chi connectivity index (χ1) is 9.19. The minimum absolute atomic E-state index is 0.462. The highest BCUT2D eigenvalue weighted by Gasteiger charge is 2.63. The van der Waals surface area contributed by atoms with Crippen LogP contribution >= 0.6 is 0 Å². The van der Waals surface area contributed by atoms with E-state index in [-0.39, 0.29) is 0 Å². The third kappa shape index (κ3) is 2.10. The summed E-state index contributed by atoms with van der Waals surface area (Å²) in [6.45, 7) is 0. The van der Waals surface area contributed by atoms with Gasteiger partial charge in [-0.3, -0.25) is 0 Å². The van der Waals surface area contributed by atoms with E-state index in [1.54, 1.807) is 14.2 Å². The second kappa shape index (κ2) is 4.71. The van der Waals surface area contributed by atoms with E-state index in [4.69, 9.17) is 9.47 Å². The van der Waals surface area contributed by atoms with Crippen molar-refractivity contribution in [1.82, 2.24) is 0 Å². The SMILES string of the molecule is COc1ccc(CC2(O)C3CCCCC32)cc1OC. The fraction of sp³-hybridized carbons (Fsp3) is 0.625. The molecule has 0 amide bonds. The van der Waals surface area contributed by atoms with Crippen LogP contribution in [0.5, 0.6) is 11.5 Å². The lowest BCUT2D eigenvalue weighted by molar-refractivity contribution is 0.118. The predicted molar refractivity (Wildman–Crippen MR) is 73.6 cm³/mol. The zero-order valence-corrected chi connectivity index (χ0v) is 11.7. The third-order valence-electron chi connectivity index (χ3n) is 4.88. The first kappa shape index (κ1) is 12.8. The van der Waals surface area contributed by atoms with Gasteiger partial charge in [-0.2, -0.15) is 0 Å². The Bertz CT molecular complexity index is 457. The molecule has 1 aromatic carbocycles. The van der Waals surface area contributed by atoms with Gasteiger partial charge in [0.1, 0.15) is 0 Å². The monoisotopic (exact) mass is 262 g/mol. The summed E-state index contributed by atoms with van der Waals surface area (Å²) in [7, 11) is 3.29. The van der Waals surface area contributed by atoms with Gasteiger partial charge in [0, 0.05) is 6.42 Å². The van der Waals surface area contributed by atoms with Crippen molar-refractivity contribution in [2.45, 2.75) is 37.7 Å². The molecule has 2 unspecified atom stereocenters. The smallest absolute Gasteiger partial charge is 0.160 e. The Morgan fingerprint density at radius 3 is 2.32 bits per heavy atom. The second-order valence-corrected chi connectivity index (χ2v) is 5.85. The lowest BCUT2D eigenvalue weighted by atomic mass is 10.0. The van der Waals surface area contributed by atoms with Gasteiger partial charge in [-0.25, -0.2) is 0 Å². The van der Waals surface area contributed by atoms with Gasteiger partial charge in [-0.05, 0) is 42.4 Å². The predicted octanol–water partition coefficient (Wildman–Crippen LogP) is 2.80. The van der Waals surface area contributed by atoms with Crippen LogP contribution in [-0.2, 0) is 6.42 Å². The molecule has 0 heterocycles. The van der Waals surface area contributed by atoms with Gasteiger partial charge in [-0.1, -0.05) is 18.9 Å². The molecular formula is C16H22O3. The summed E-state index contributed by atoms with van der Waals surface area (Å²) in [6.07, 6.45) is 5.66. The van der Waals surface area contributed by atoms with E-state index in [0.717, 1.165) is 23.5 Å². The average Bonchev–Trinajstić information content (AvgIpc) is 3.04. The van der Waals surface area contributed by atoms with Crippen LogP contribution in [-0.4, -0.2) is 24.9 Å². The van der Waals surface area contributed by atoms with Crippen molar-refractivity contribution in [2.24, 2.45) is 11.8 Å². The minimum atomic E-state index is -0.462. The van der Waals surface area contributed by atoms with Gasteiger partial charge in [0.05, 0.1) is 19.8 Å². The Balaban J connectivity index is 1.77. The Kier molecular flexibility index (Phi) is 3.17. The minimum Gasteiger partial charge on any atom is -0.493 e. The first-order valence-corrected chi connectivity index (χ1v) is 7.12. The highest BCUT2D eigenvalue weighted by atomic mass is 16.5. The van der Waals surface area contributed by atoms with E-state index in [1.165, 1.54) is 25.7 Å². The van der Waals surface area contributed by atoms with E-state index in [0.29, 0.717) is 11.8 Å². The van der Waals surface area contributed by atoms with Crippen LogP contribution in [0.25, 0.3) is 0 Å². The number of methoxy groups -OCH3 is 2. The molecule has 0 bridgehead atoms. The Morgan fingerprint density at radius 2 is 1.74 bits per heavy atom. The molecule has 2 atom stereocenters. The summed E-state index contributed by atoms with van der Waals surface area (Å²) in [5.41, 5.74) is 0.672. The molecule has 2 aliphatic carbocycles. The fourth-order valence-electron chi connectivity index (χ4n) is 3.80. The molecule has 2 aliphatic rings. The van der Waals surface area contributed by atoms with E-state index in [9.17, 15) is 5.11 Å². The molecular weight excluding hydrogens is 240 g/mol. The van der Waals surface area contributed by atoms with E-state index in [1.807, 2.05) is 18.2 Å². The van der Waals surface area contributed by atoms with Gasteiger partial charge in [-0.15, -0.1) is 0 Å². The molecule has 0 spiro atoms. The third-order valence-corrected chi connectivity index (χ3v) is 4.88. The van der Waals surface area contributed by atoms with Crippen molar-refractivity contribution in [3.8, 4) is 11.5 Å². The van der Waals surface area contributed by atoms with Crippen molar-refractivity contribution in [3.63, 3.8) is 0 Å². The largest absolute Gasteiger partial charge is 0.493 e. The van der Waals surface area contributed by atoms with Crippen molar-refractivity contribution in [3.05, 3.63) is 23.8 Å². The van der Waals surface area contributed by atoms with Crippen LogP contribution in [0.1, 0.15) is 31.2 Å². The number of hydrogen-bond acceptors (Lipinski definition) is 3. The first-order valence-electron chi connectivity index (χ1n) is 7.12. The Hall–Kier alpha value is -1.22. The maximum Gasteiger partial charge on any atom is 0.160 e. The Labute approximate surface area is 114 Å². The molecule has 0 aromatic heterocycles. The topological polar surface area (TPSA) is 38.7 Å². The maximum absolute atomic E-state index is 10.8. The van der Waals surface area contributed by atoms with Gasteiger partial charge in [0.2, 0.25) is 0 Å². The number of fused-ring (bicyclic) bond motifs is 1. The van der Waals surface area contributed by atoms with Gasteiger partial charge in [0.15, 0.2) is 11.5 Å². The Morgan fingerprint density at radius 1 is 1.11 bits per heavy atom. The number of aliphatic hydroxyl groups is 1. The summed E-state index contributed by atoms with van der Waals surface area (Å²) in [5, 5.41) is 10.8. The number of hydrogen-bond donors (Lipinski definition) is 1. The lowest BCUT2D eigenvalue weighted by Gasteiger charge is -2.13.